The van der Waals surface area contributed by atoms with E-state index in [0.717, 1.165) is 18.2 Å². The Morgan fingerprint density at radius 1 is 1.19 bits per heavy atom. The lowest BCUT2D eigenvalue weighted by molar-refractivity contribution is 0.0854. The van der Waals surface area contributed by atoms with Crippen molar-refractivity contribution in [1.82, 2.24) is 9.88 Å². The molecule has 0 radical (unpaired) electrons. The summed E-state index contributed by atoms with van der Waals surface area (Å²) in [6, 6.07) is 5.86. The topological polar surface area (TPSA) is 71.5 Å². The number of carbonyl (C=O) groups excluding carboxylic acids is 2. The maximum Gasteiger partial charge on any atom is 0.321 e. The van der Waals surface area contributed by atoms with E-state index in [4.69, 9.17) is 4.74 Å². The van der Waals surface area contributed by atoms with Gasteiger partial charge in [0.2, 0.25) is 5.88 Å². The van der Waals surface area contributed by atoms with Crippen LogP contribution >= 0.6 is 0 Å². The molecule has 0 unspecified atom stereocenters. The quantitative estimate of drug-likeness (QED) is 0.831. The number of carbonyl (C=O) groups is 2. The summed E-state index contributed by atoms with van der Waals surface area (Å²) in [5.74, 6) is -1.80. The predicted octanol–water partition coefficient (Wildman–Crippen LogP) is 3.50. The van der Waals surface area contributed by atoms with Gasteiger partial charge in [0.1, 0.15) is 11.6 Å². The zero-order valence-corrected chi connectivity index (χ0v) is 14.7. The first kappa shape index (κ1) is 18.8. The predicted molar refractivity (Wildman–Crippen MR) is 94.8 cm³/mol. The SMILES string of the molecule is COc1ccc(NC(=O)N2CCC(C(=O)c3cc(F)ccc3F)CC2)cn1. The Bertz CT molecular complexity index is 835. The van der Waals surface area contributed by atoms with E-state index < -0.39 is 23.3 Å². The Labute approximate surface area is 155 Å². The van der Waals surface area contributed by atoms with Crippen molar-refractivity contribution in [3.63, 3.8) is 0 Å². The highest BCUT2D eigenvalue weighted by atomic mass is 19.1. The van der Waals surface area contributed by atoms with Crippen LogP contribution in [0, 0.1) is 17.6 Å². The molecule has 2 heterocycles. The van der Waals surface area contributed by atoms with Crippen LogP contribution in [-0.2, 0) is 0 Å². The number of nitrogens with zero attached hydrogens (tertiary/aromatic N) is 2. The minimum Gasteiger partial charge on any atom is -0.481 e. The second-order valence-corrected chi connectivity index (χ2v) is 6.27. The van der Waals surface area contributed by atoms with Gasteiger partial charge < -0.3 is 15.0 Å². The Hall–Kier alpha value is -3.03. The number of ketones is 1. The summed E-state index contributed by atoms with van der Waals surface area (Å²) in [4.78, 5) is 30.4. The molecule has 0 spiro atoms. The molecule has 6 nitrogen and oxygen atoms in total. The maximum atomic E-state index is 13.8. The number of anilines is 1. The van der Waals surface area contributed by atoms with Gasteiger partial charge in [0.25, 0.3) is 0 Å². The minimum absolute atomic E-state index is 0.234. The fourth-order valence-corrected chi connectivity index (χ4v) is 3.03. The lowest BCUT2D eigenvalue weighted by Gasteiger charge is -2.31. The Morgan fingerprint density at radius 2 is 1.93 bits per heavy atom. The number of amides is 2. The van der Waals surface area contributed by atoms with Gasteiger partial charge in [0.15, 0.2) is 5.78 Å². The number of nitrogens with one attached hydrogen (secondary N) is 1. The summed E-state index contributed by atoms with van der Waals surface area (Å²) in [6.45, 7) is 0.700. The third-order valence-corrected chi connectivity index (χ3v) is 4.54. The van der Waals surface area contributed by atoms with Gasteiger partial charge in [-0.2, -0.15) is 0 Å². The number of rotatable bonds is 4. The molecule has 1 aromatic heterocycles. The van der Waals surface area contributed by atoms with Gasteiger partial charge in [-0.1, -0.05) is 0 Å². The van der Waals surface area contributed by atoms with Crippen molar-refractivity contribution in [2.75, 3.05) is 25.5 Å². The molecule has 2 amide bonds. The van der Waals surface area contributed by atoms with Crippen LogP contribution in [0.5, 0.6) is 5.88 Å². The Morgan fingerprint density at radius 3 is 2.56 bits per heavy atom. The van der Waals surface area contributed by atoms with Crippen molar-refractivity contribution < 1.29 is 23.1 Å². The molecule has 142 valence electrons. The minimum atomic E-state index is -0.728. The summed E-state index contributed by atoms with van der Waals surface area (Å²) in [5, 5.41) is 2.73. The zero-order chi connectivity index (χ0) is 19.4. The molecule has 0 bridgehead atoms. The highest BCUT2D eigenvalue weighted by Crippen LogP contribution is 2.24. The third-order valence-electron chi connectivity index (χ3n) is 4.54. The van der Waals surface area contributed by atoms with E-state index >= 15 is 0 Å². The highest BCUT2D eigenvalue weighted by molar-refractivity contribution is 5.98. The van der Waals surface area contributed by atoms with Gasteiger partial charge in [-0.15, -0.1) is 0 Å². The molecule has 3 rings (SSSR count). The van der Waals surface area contributed by atoms with Crippen LogP contribution in [0.25, 0.3) is 0 Å². The van der Waals surface area contributed by atoms with Crippen LogP contribution in [0.4, 0.5) is 19.3 Å². The van der Waals surface area contributed by atoms with Crippen molar-refractivity contribution in [3.8, 4) is 5.88 Å². The number of ether oxygens (including phenoxy) is 1. The second-order valence-electron chi connectivity index (χ2n) is 6.27. The van der Waals surface area contributed by atoms with Crippen LogP contribution in [0.1, 0.15) is 23.2 Å². The van der Waals surface area contributed by atoms with Crippen molar-refractivity contribution >= 4 is 17.5 Å². The first-order chi connectivity index (χ1) is 13.0. The number of Topliss-reactive ketones (excluding diaryl/α,β-unsaturated/α-hetero) is 1. The normalized spacial score (nSPS) is 14.7. The number of urea groups is 1. The number of hydrogen-bond acceptors (Lipinski definition) is 4. The van der Waals surface area contributed by atoms with Gasteiger partial charge in [0, 0.05) is 25.1 Å². The van der Waals surface area contributed by atoms with Crippen molar-refractivity contribution in [1.29, 1.82) is 0 Å². The van der Waals surface area contributed by atoms with E-state index in [-0.39, 0.29) is 11.6 Å². The van der Waals surface area contributed by atoms with Crippen LogP contribution in [0.2, 0.25) is 0 Å². The maximum absolute atomic E-state index is 13.8. The fraction of sp³-hybridized carbons (Fsp3) is 0.316. The second kappa shape index (κ2) is 8.11. The molecule has 1 saturated heterocycles. The van der Waals surface area contributed by atoms with E-state index in [9.17, 15) is 18.4 Å². The lowest BCUT2D eigenvalue weighted by atomic mass is 9.88. The van der Waals surface area contributed by atoms with E-state index in [0.29, 0.717) is 37.5 Å². The van der Waals surface area contributed by atoms with Gasteiger partial charge in [-0.25, -0.2) is 18.6 Å². The van der Waals surface area contributed by atoms with E-state index in [2.05, 4.69) is 10.3 Å². The summed E-state index contributed by atoms with van der Waals surface area (Å²) < 4.78 is 32.1. The van der Waals surface area contributed by atoms with Crippen molar-refractivity contribution in [2.24, 2.45) is 5.92 Å². The summed E-state index contributed by atoms with van der Waals surface area (Å²) in [6.07, 6.45) is 2.27. The average Bonchev–Trinajstić information content (AvgIpc) is 2.70. The number of methoxy groups -OCH3 is 1. The number of likely N-dealkylation sites (tertiary alicyclic amines) is 1. The smallest absolute Gasteiger partial charge is 0.321 e. The summed E-state index contributed by atoms with van der Waals surface area (Å²) in [5.41, 5.74) is 0.294. The molecule has 2 aromatic rings. The molecule has 1 N–H and O–H groups in total. The number of benzene rings is 1. The molecular formula is C19H19F2N3O3. The molecule has 1 aliphatic heterocycles. The zero-order valence-electron chi connectivity index (χ0n) is 14.7. The largest absolute Gasteiger partial charge is 0.481 e. The molecule has 1 aromatic carbocycles. The fourth-order valence-electron chi connectivity index (χ4n) is 3.03. The van der Waals surface area contributed by atoms with Crippen molar-refractivity contribution in [2.45, 2.75) is 12.8 Å². The first-order valence-corrected chi connectivity index (χ1v) is 8.53. The first-order valence-electron chi connectivity index (χ1n) is 8.53. The van der Waals surface area contributed by atoms with Crippen LogP contribution in [0.15, 0.2) is 36.5 Å². The molecule has 8 heteroatoms. The van der Waals surface area contributed by atoms with Gasteiger partial charge >= 0.3 is 6.03 Å². The molecule has 27 heavy (non-hydrogen) atoms. The number of halogens is 2. The molecule has 1 aliphatic rings. The van der Waals surface area contributed by atoms with E-state index in [1.807, 2.05) is 0 Å². The monoisotopic (exact) mass is 375 g/mol. The molecular weight excluding hydrogens is 356 g/mol. The van der Waals surface area contributed by atoms with E-state index in [1.165, 1.54) is 13.3 Å². The number of aromatic nitrogens is 1. The number of pyridine rings is 1. The van der Waals surface area contributed by atoms with Crippen LogP contribution in [0.3, 0.4) is 0 Å². The highest BCUT2D eigenvalue weighted by Gasteiger charge is 2.29. The lowest BCUT2D eigenvalue weighted by Crippen LogP contribution is -2.42. The number of hydrogen-bond donors (Lipinski definition) is 1. The molecule has 0 atom stereocenters. The van der Waals surface area contributed by atoms with Crippen LogP contribution < -0.4 is 10.1 Å². The van der Waals surface area contributed by atoms with Gasteiger partial charge in [0.05, 0.1) is 24.6 Å². The summed E-state index contributed by atoms with van der Waals surface area (Å²) in [7, 11) is 1.50. The van der Waals surface area contributed by atoms with Gasteiger partial charge in [-0.05, 0) is 37.1 Å². The summed E-state index contributed by atoms with van der Waals surface area (Å²) >= 11 is 0. The Kier molecular flexibility index (Phi) is 5.63. The molecule has 0 saturated carbocycles. The Balaban J connectivity index is 1.57. The average molecular weight is 375 g/mol. The standard InChI is InChI=1S/C19H19F2N3O3/c1-27-17-5-3-14(11-22-17)23-19(26)24-8-6-12(7-9-24)18(25)15-10-13(20)2-4-16(15)21/h2-5,10-12H,6-9H2,1H3,(H,23,26). The van der Waals surface area contributed by atoms with E-state index in [1.54, 1.807) is 17.0 Å². The van der Waals surface area contributed by atoms with Crippen LogP contribution in [-0.4, -0.2) is 41.9 Å². The third kappa shape index (κ3) is 4.39. The number of piperidine rings is 1. The van der Waals surface area contributed by atoms with Crippen molar-refractivity contribution in [3.05, 3.63) is 53.7 Å². The molecule has 0 aliphatic carbocycles. The van der Waals surface area contributed by atoms with Gasteiger partial charge in [-0.3, -0.25) is 4.79 Å². The molecule has 1 fully saturated rings.